The normalized spacial score (nSPS) is 11.8. The molecule has 0 fully saturated rings. The van der Waals surface area contributed by atoms with E-state index in [0.717, 1.165) is 18.6 Å². The molecule has 17 heteroatoms. The summed E-state index contributed by atoms with van der Waals surface area (Å²) < 4.78 is 78.1. The standard InChI is InChI=1S/C22H17BF6N8O2/c23-17-15(19(38)32-8-21(24,25)26)14(16-18(30)33-9-34-37(16)17)10-1-3-12(4-2-10)35-20(39)36-13-7-11(5-6-31-13)22(27,28)29/h1-7,9H,8,23H2,(H,32,38)(H2,30,33,34)(H2,31,35,36,39). The molecule has 5 N–H and O–H groups in total. The summed E-state index contributed by atoms with van der Waals surface area (Å²) in [6.45, 7) is -1.56. The van der Waals surface area contributed by atoms with Crippen LogP contribution in [-0.2, 0) is 6.18 Å². The monoisotopic (exact) mass is 550 g/mol. The van der Waals surface area contributed by atoms with Crippen LogP contribution in [0.5, 0.6) is 0 Å². The number of rotatable bonds is 5. The second-order valence-electron chi connectivity index (χ2n) is 8.12. The van der Waals surface area contributed by atoms with Gasteiger partial charge in [0.05, 0.1) is 11.1 Å². The van der Waals surface area contributed by atoms with Gasteiger partial charge in [-0.15, -0.1) is 0 Å². The Morgan fingerprint density at radius 3 is 2.33 bits per heavy atom. The van der Waals surface area contributed by atoms with E-state index in [1.54, 1.807) is 0 Å². The van der Waals surface area contributed by atoms with E-state index in [1.165, 1.54) is 36.6 Å². The van der Waals surface area contributed by atoms with Gasteiger partial charge < -0.3 is 16.4 Å². The first-order chi connectivity index (χ1) is 18.2. The highest BCUT2D eigenvalue weighted by Gasteiger charge is 2.32. The van der Waals surface area contributed by atoms with E-state index in [4.69, 9.17) is 5.73 Å². The molecule has 0 saturated carbocycles. The average Bonchev–Trinajstić information content (AvgIpc) is 3.16. The fourth-order valence-electron chi connectivity index (χ4n) is 3.76. The number of hydrogen-bond acceptors (Lipinski definition) is 6. The zero-order valence-electron chi connectivity index (χ0n) is 19.8. The molecule has 0 unspecified atom stereocenters. The van der Waals surface area contributed by atoms with Crippen LogP contribution in [0.3, 0.4) is 0 Å². The zero-order valence-corrected chi connectivity index (χ0v) is 19.8. The number of nitrogens with one attached hydrogen (secondary N) is 3. The van der Waals surface area contributed by atoms with Crippen LogP contribution >= 0.6 is 0 Å². The minimum atomic E-state index is -4.64. The molecule has 0 aliphatic carbocycles. The van der Waals surface area contributed by atoms with Gasteiger partial charge in [0.15, 0.2) is 13.7 Å². The van der Waals surface area contributed by atoms with Crippen LogP contribution in [0.25, 0.3) is 16.6 Å². The Balaban J connectivity index is 1.61. The topological polar surface area (TPSA) is 139 Å². The average molecular weight is 550 g/mol. The molecule has 4 rings (SSSR count). The van der Waals surface area contributed by atoms with Gasteiger partial charge in [0, 0.05) is 23.0 Å². The van der Waals surface area contributed by atoms with Crippen LogP contribution in [0.2, 0.25) is 0 Å². The second kappa shape index (κ2) is 10.1. The molecule has 3 heterocycles. The lowest BCUT2D eigenvalue weighted by Crippen LogP contribution is -2.36. The molecule has 1 aromatic carbocycles. The first-order valence-corrected chi connectivity index (χ1v) is 10.9. The molecule has 4 aromatic rings. The van der Waals surface area contributed by atoms with Gasteiger partial charge in [-0.2, -0.15) is 31.4 Å². The highest BCUT2D eigenvalue weighted by molar-refractivity contribution is 6.38. The Morgan fingerprint density at radius 2 is 1.69 bits per heavy atom. The van der Waals surface area contributed by atoms with E-state index >= 15 is 0 Å². The molecular formula is C22H17BF6N8O2. The lowest BCUT2D eigenvalue weighted by atomic mass is 9.93. The van der Waals surface area contributed by atoms with Gasteiger partial charge in [-0.25, -0.2) is 19.3 Å². The summed E-state index contributed by atoms with van der Waals surface area (Å²) in [6, 6.07) is 6.27. The van der Waals surface area contributed by atoms with Crippen molar-refractivity contribution >= 4 is 48.2 Å². The maximum absolute atomic E-state index is 12.9. The third-order valence-corrected chi connectivity index (χ3v) is 5.42. The van der Waals surface area contributed by atoms with Gasteiger partial charge in [0.25, 0.3) is 5.91 Å². The molecule has 0 radical (unpaired) electrons. The third kappa shape index (κ3) is 6.02. The van der Waals surface area contributed by atoms with Crippen molar-refractivity contribution in [2.24, 2.45) is 0 Å². The lowest BCUT2D eigenvalue weighted by molar-refractivity contribution is -0.137. The molecule has 3 amide bonds. The van der Waals surface area contributed by atoms with E-state index in [0.29, 0.717) is 11.6 Å². The lowest BCUT2D eigenvalue weighted by Gasteiger charge is -2.12. The van der Waals surface area contributed by atoms with Crippen molar-refractivity contribution in [3.8, 4) is 11.1 Å². The highest BCUT2D eigenvalue weighted by atomic mass is 19.4. The number of alkyl halides is 6. The number of nitrogens with zero attached hydrogens (tertiary/aromatic N) is 4. The van der Waals surface area contributed by atoms with Gasteiger partial charge in [0.1, 0.15) is 24.2 Å². The SMILES string of the molecule is Bc1c(C(=O)NCC(F)(F)F)c(-c2ccc(NC(=O)Nc3cc(C(F)(F)F)ccn3)cc2)c2c(N)ncnn12. The number of carbonyl (C=O) groups is 2. The fourth-order valence-corrected chi connectivity index (χ4v) is 3.76. The molecule has 0 aliphatic heterocycles. The summed E-state index contributed by atoms with van der Waals surface area (Å²) in [7, 11) is 1.48. The number of amides is 3. The molecular weight excluding hydrogens is 533 g/mol. The number of carbonyl (C=O) groups excluding carboxylic acids is 2. The molecule has 0 bridgehead atoms. The van der Waals surface area contributed by atoms with E-state index < -0.39 is 36.4 Å². The molecule has 0 spiro atoms. The van der Waals surface area contributed by atoms with Gasteiger partial charge in [-0.05, 0) is 29.8 Å². The molecule has 0 aliphatic rings. The summed E-state index contributed by atoms with van der Waals surface area (Å²) in [5.41, 5.74) is 5.99. The quantitative estimate of drug-likeness (QED) is 0.223. The third-order valence-electron chi connectivity index (χ3n) is 5.42. The number of urea groups is 1. The predicted molar refractivity (Wildman–Crippen MR) is 131 cm³/mol. The summed E-state index contributed by atoms with van der Waals surface area (Å²) in [5, 5.41) is 10.5. The van der Waals surface area contributed by atoms with Crippen LogP contribution in [-0.4, -0.2) is 52.1 Å². The first kappa shape index (κ1) is 27.2. The summed E-state index contributed by atoms with van der Waals surface area (Å²) in [5.74, 6) is -1.38. The van der Waals surface area contributed by atoms with E-state index in [9.17, 15) is 35.9 Å². The summed E-state index contributed by atoms with van der Waals surface area (Å²) >= 11 is 0. The highest BCUT2D eigenvalue weighted by Crippen LogP contribution is 2.32. The number of aromatic nitrogens is 4. The minimum Gasteiger partial charge on any atom is -0.382 e. The van der Waals surface area contributed by atoms with Gasteiger partial charge >= 0.3 is 18.4 Å². The summed E-state index contributed by atoms with van der Waals surface area (Å²) in [6.07, 6.45) is -7.24. The maximum atomic E-state index is 12.9. The molecule has 202 valence electrons. The number of nitrogens with two attached hydrogens (primary N) is 1. The Bertz CT molecular complexity index is 1550. The smallest absolute Gasteiger partial charge is 0.382 e. The van der Waals surface area contributed by atoms with Gasteiger partial charge in [0.2, 0.25) is 0 Å². The van der Waals surface area contributed by atoms with Crippen LogP contribution < -0.4 is 27.3 Å². The van der Waals surface area contributed by atoms with Crippen molar-refractivity contribution in [1.82, 2.24) is 24.9 Å². The van der Waals surface area contributed by atoms with E-state index in [2.05, 4.69) is 25.7 Å². The predicted octanol–water partition coefficient (Wildman–Crippen LogP) is 2.59. The summed E-state index contributed by atoms with van der Waals surface area (Å²) in [4.78, 5) is 32.7. The number of benzene rings is 1. The first-order valence-electron chi connectivity index (χ1n) is 10.9. The van der Waals surface area contributed by atoms with Crippen LogP contribution in [0.15, 0.2) is 48.9 Å². The Morgan fingerprint density at radius 1 is 1.00 bits per heavy atom. The molecule has 0 saturated heterocycles. The minimum absolute atomic E-state index is 0.0341. The van der Waals surface area contributed by atoms with Crippen molar-refractivity contribution in [1.29, 1.82) is 0 Å². The van der Waals surface area contributed by atoms with Crippen molar-refractivity contribution in [3.05, 3.63) is 60.0 Å². The molecule has 0 atom stereocenters. The number of fused-ring (bicyclic) bond motifs is 1. The fraction of sp³-hybridized carbons (Fsp3) is 0.136. The van der Waals surface area contributed by atoms with E-state index in [1.807, 2.05) is 5.32 Å². The van der Waals surface area contributed by atoms with Gasteiger partial charge in [-0.1, -0.05) is 12.1 Å². The number of pyridine rings is 1. The van der Waals surface area contributed by atoms with E-state index in [-0.39, 0.29) is 39.6 Å². The van der Waals surface area contributed by atoms with Crippen molar-refractivity contribution in [2.45, 2.75) is 12.4 Å². The zero-order chi connectivity index (χ0) is 28.5. The Kier molecular flexibility index (Phi) is 7.08. The molecule has 3 aromatic heterocycles. The number of anilines is 3. The molecule has 10 nitrogen and oxygen atoms in total. The van der Waals surface area contributed by atoms with Crippen LogP contribution in [0.1, 0.15) is 15.9 Å². The largest absolute Gasteiger partial charge is 0.416 e. The van der Waals surface area contributed by atoms with Crippen molar-refractivity contribution in [3.63, 3.8) is 0 Å². The van der Waals surface area contributed by atoms with Crippen LogP contribution in [0, 0.1) is 0 Å². The van der Waals surface area contributed by atoms with Crippen LogP contribution in [0.4, 0.5) is 48.5 Å². The van der Waals surface area contributed by atoms with Crippen molar-refractivity contribution < 1.29 is 35.9 Å². The van der Waals surface area contributed by atoms with Crippen molar-refractivity contribution in [2.75, 3.05) is 22.9 Å². The second-order valence-corrected chi connectivity index (χ2v) is 8.12. The number of halogens is 6. The number of hydrogen-bond donors (Lipinski definition) is 4. The Hall–Kier alpha value is -4.83. The molecule has 39 heavy (non-hydrogen) atoms. The number of nitrogen functional groups attached to an aromatic ring is 1. The maximum Gasteiger partial charge on any atom is 0.416 e. The van der Waals surface area contributed by atoms with Gasteiger partial charge in [-0.3, -0.25) is 10.1 Å². The Labute approximate surface area is 216 Å².